The van der Waals surface area contributed by atoms with E-state index in [2.05, 4.69) is 15.0 Å². The second-order valence-electron chi connectivity index (χ2n) is 2.95. The lowest BCUT2D eigenvalue weighted by Gasteiger charge is -1.88. The van der Waals surface area contributed by atoms with Crippen LogP contribution in [0.15, 0.2) is 18.3 Å². The molecule has 2 aromatic heterocycles. The van der Waals surface area contributed by atoms with Gasteiger partial charge in [0.15, 0.2) is 11.5 Å². The van der Waals surface area contributed by atoms with E-state index in [0.29, 0.717) is 11.5 Å². The molecule has 0 aliphatic rings. The molecule has 14 heavy (non-hydrogen) atoms. The molecule has 2 aromatic rings. The highest BCUT2D eigenvalue weighted by atomic mass is 16.4. The fraction of sp³-hybridized carbons (Fsp3) is 0.111. The molecular formula is C9H9N3O2. The number of carboxylic acids is 1. The second kappa shape index (κ2) is 3.02. The fourth-order valence-electron chi connectivity index (χ4n) is 1.27. The quantitative estimate of drug-likeness (QED) is 0.671. The maximum atomic E-state index is 10.7. The molecule has 0 amide bonds. The SMILES string of the molecule is Cc1[nH]c(-c2ccc[nH]2)nc1C(=O)O. The molecule has 0 saturated heterocycles. The van der Waals surface area contributed by atoms with Crippen LogP contribution in [0.1, 0.15) is 16.2 Å². The number of aromatic amines is 2. The summed E-state index contributed by atoms with van der Waals surface area (Å²) in [6, 6.07) is 3.65. The van der Waals surface area contributed by atoms with Gasteiger partial charge in [0, 0.05) is 11.9 Å². The van der Waals surface area contributed by atoms with Gasteiger partial charge in [-0.2, -0.15) is 0 Å². The number of hydrogen-bond acceptors (Lipinski definition) is 2. The van der Waals surface area contributed by atoms with Crippen molar-refractivity contribution in [3.8, 4) is 11.5 Å². The van der Waals surface area contributed by atoms with Gasteiger partial charge in [0.05, 0.1) is 5.69 Å². The third-order valence-electron chi connectivity index (χ3n) is 1.94. The number of rotatable bonds is 2. The Bertz CT molecular complexity index is 456. The molecule has 2 heterocycles. The minimum Gasteiger partial charge on any atom is -0.476 e. The first-order valence-corrected chi connectivity index (χ1v) is 4.12. The van der Waals surface area contributed by atoms with Crippen LogP contribution < -0.4 is 0 Å². The monoisotopic (exact) mass is 191 g/mol. The first kappa shape index (κ1) is 8.55. The zero-order chi connectivity index (χ0) is 10.1. The van der Waals surface area contributed by atoms with Crippen molar-refractivity contribution in [2.75, 3.05) is 0 Å². The Balaban J connectivity index is 2.48. The van der Waals surface area contributed by atoms with Gasteiger partial charge in [-0.05, 0) is 19.1 Å². The maximum Gasteiger partial charge on any atom is 0.356 e. The molecule has 5 nitrogen and oxygen atoms in total. The Labute approximate surface area is 79.8 Å². The van der Waals surface area contributed by atoms with Crippen LogP contribution in [0.2, 0.25) is 0 Å². The van der Waals surface area contributed by atoms with Crippen molar-refractivity contribution in [1.29, 1.82) is 0 Å². The van der Waals surface area contributed by atoms with Gasteiger partial charge in [-0.1, -0.05) is 0 Å². The van der Waals surface area contributed by atoms with E-state index in [1.165, 1.54) is 0 Å². The van der Waals surface area contributed by atoms with Gasteiger partial charge >= 0.3 is 5.97 Å². The van der Waals surface area contributed by atoms with E-state index in [0.717, 1.165) is 5.69 Å². The molecule has 0 spiro atoms. The molecule has 0 aliphatic heterocycles. The van der Waals surface area contributed by atoms with Gasteiger partial charge in [0.25, 0.3) is 0 Å². The molecule has 0 radical (unpaired) electrons. The van der Waals surface area contributed by atoms with Crippen molar-refractivity contribution in [1.82, 2.24) is 15.0 Å². The van der Waals surface area contributed by atoms with Gasteiger partial charge in [-0.3, -0.25) is 0 Å². The number of aromatic nitrogens is 3. The van der Waals surface area contributed by atoms with E-state index in [9.17, 15) is 4.79 Å². The molecule has 3 N–H and O–H groups in total. The predicted molar refractivity (Wildman–Crippen MR) is 50.1 cm³/mol. The normalized spacial score (nSPS) is 10.4. The van der Waals surface area contributed by atoms with E-state index >= 15 is 0 Å². The van der Waals surface area contributed by atoms with Crippen molar-refractivity contribution < 1.29 is 9.90 Å². The largest absolute Gasteiger partial charge is 0.476 e. The van der Waals surface area contributed by atoms with Gasteiger partial charge in [-0.15, -0.1) is 0 Å². The van der Waals surface area contributed by atoms with E-state index in [1.807, 2.05) is 12.1 Å². The van der Waals surface area contributed by atoms with Crippen molar-refractivity contribution in [3.05, 3.63) is 29.7 Å². The van der Waals surface area contributed by atoms with Crippen LogP contribution >= 0.6 is 0 Å². The van der Waals surface area contributed by atoms with Crippen LogP contribution in [0, 0.1) is 6.92 Å². The van der Waals surface area contributed by atoms with Crippen LogP contribution in [0.5, 0.6) is 0 Å². The Morgan fingerprint density at radius 1 is 1.57 bits per heavy atom. The average Bonchev–Trinajstić information content (AvgIpc) is 2.70. The van der Waals surface area contributed by atoms with Crippen molar-refractivity contribution in [2.24, 2.45) is 0 Å². The summed E-state index contributed by atoms with van der Waals surface area (Å²) >= 11 is 0. The maximum absolute atomic E-state index is 10.7. The van der Waals surface area contributed by atoms with E-state index in [4.69, 9.17) is 5.11 Å². The van der Waals surface area contributed by atoms with Crippen molar-refractivity contribution >= 4 is 5.97 Å². The molecule has 72 valence electrons. The zero-order valence-electron chi connectivity index (χ0n) is 7.53. The fourth-order valence-corrected chi connectivity index (χ4v) is 1.27. The van der Waals surface area contributed by atoms with Gasteiger partial charge < -0.3 is 15.1 Å². The first-order valence-electron chi connectivity index (χ1n) is 4.12. The van der Waals surface area contributed by atoms with Crippen molar-refractivity contribution in [2.45, 2.75) is 6.92 Å². The summed E-state index contributed by atoms with van der Waals surface area (Å²) in [6.07, 6.45) is 1.76. The Hall–Kier alpha value is -2.04. The Morgan fingerprint density at radius 3 is 2.86 bits per heavy atom. The molecule has 0 atom stereocenters. The summed E-state index contributed by atoms with van der Waals surface area (Å²) in [5.41, 5.74) is 1.40. The van der Waals surface area contributed by atoms with Crippen LogP contribution in [0.4, 0.5) is 0 Å². The van der Waals surface area contributed by atoms with Crippen LogP contribution in [0.3, 0.4) is 0 Å². The van der Waals surface area contributed by atoms with Crippen LogP contribution in [-0.4, -0.2) is 26.0 Å². The molecule has 0 unspecified atom stereocenters. The number of aromatic carboxylic acids is 1. The molecule has 0 saturated carbocycles. The van der Waals surface area contributed by atoms with Gasteiger partial charge in [0.2, 0.25) is 0 Å². The Morgan fingerprint density at radius 2 is 2.36 bits per heavy atom. The van der Waals surface area contributed by atoms with Gasteiger partial charge in [0.1, 0.15) is 0 Å². The summed E-state index contributed by atoms with van der Waals surface area (Å²) < 4.78 is 0. The summed E-state index contributed by atoms with van der Waals surface area (Å²) in [5.74, 6) is -0.471. The number of nitrogens with zero attached hydrogens (tertiary/aromatic N) is 1. The highest BCUT2D eigenvalue weighted by Gasteiger charge is 2.14. The number of carbonyl (C=O) groups is 1. The third-order valence-corrected chi connectivity index (χ3v) is 1.94. The second-order valence-corrected chi connectivity index (χ2v) is 2.95. The van der Waals surface area contributed by atoms with E-state index in [-0.39, 0.29) is 5.69 Å². The number of hydrogen-bond donors (Lipinski definition) is 3. The first-order chi connectivity index (χ1) is 6.68. The highest BCUT2D eigenvalue weighted by molar-refractivity contribution is 5.87. The summed E-state index contributed by atoms with van der Waals surface area (Å²) in [6.45, 7) is 1.68. The van der Waals surface area contributed by atoms with E-state index in [1.54, 1.807) is 13.1 Å². The van der Waals surface area contributed by atoms with E-state index < -0.39 is 5.97 Å². The number of carboxylic acid groups (broad SMARTS) is 1. The third kappa shape index (κ3) is 1.28. The molecular weight excluding hydrogens is 182 g/mol. The molecule has 0 bridgehead atoms. The van der Waals surface area contributed by atoms with Gasteiger partial charge in [-0.25, -0.2) is 9.78 Å². The zero-order valence-corrected chi connectivity index (χ0v) is 7.53. The lowest BCUT2D eigenvalue weighted by molar-refractivity contribution is 0.0690. The van der Waals surface area contributed by atoms with Crippen LogP contribution in [0.25, 0.3) is 11.5 Å². The number of nitrogens with one attached hydrogen (secondary N) is 2. The number of aryl methyl sites for hydroxylation is 1. The van der Waals surface area contributed by atoms with Crippen LogP contribution in [-0.2, 0) is 0 Å². The molecule has 2 rings (SSSR count). The molecule has 5 heteroatoms. The molecule has 0 fully saturated rings. The lowest BCUT2D eigenvalue weighted by Crippen LogP contribution is -1.98. The molecule has 0 aromatic carbocycles. The topological polar surface area (TPSA) is 81.8 Å². The highest BCUT2D eigenvalue weighted by Crippen LogP contribution is 2.15. The van der Waals surface area contributed by atoms with Crippen molar-refractivity contribution in [3.63, 3.8) is 0 Å². The smallest absolute Gasteiger partial charge is 0.356 e. The summed E-state index contributed by atoms with van der Waals surface area (Å²) in [4.78, 5) is 20.5. The molecule has 0 aliphatic carbocycles. The number of H-pyrrole nitrogens is 2. The summed E-state index contributed by atoms with van der Waals surface area (Å²) in [7, 11) is 0. The summed E-state index contributed by atoms with van der Waals surface area (Å²) in [5, 5.41) is 8.78. The Kier molecular flexibility index (Phi) is 1.85. The lowest BCUT2D eigenvalue weighted by atomic mass is 10.4. The standard InChI is InChI=1S/C9H9N3O2/c1-5-7(9(13)14)12-8(11-5)6-3-2-4-10-6/h2-4,10H,1H3,(H,11,12)(H,13,14). The minimum atomic E-state index is -1.02. The minimum absolute atomic E-state index is 0.0644. The average molecular weight is 191 g/mol. The predicted octanol–water partition coefficient (Wildman–Crippen LogP) is 1.41. The number of imidazole rings is 1.